The minimum atomic E-state index is 0.228. The van der Waals surface area contributed by atoms with E-state index >= 15 is 0 Å². The van der Waals surface area contributed by atoms with Crippen LogP contribution in [-0.2, 0) is 0 Å². The van der Waals surface area contributed by atoms with Crippen LogP contribution in [0.15, 0.2) is 4.99 Å². The molecule has 0 spiro atoms. The minimum absolute atomic E-state index is 0.228. The van der Waals surface area contributed by atoms with Crippen LogP contribution in [-0.4, -0.2) is 16.9 Å². The molecule has 1 N–H and O–H groups in total. The molecule has 1 aliphatic heterocycles. The fraction of sp³-hybridized carbons (Fsp3) is 0.667. The summed E-state index contributed by atoms with van der Waals surface area (Å²) < 4.78 is 0. The van der Waals surface area contributed by atoms with E-state index in [1.54, 1.807) is 6.21 Å². The van der Waals surface area contributed by atoms with Gasteiger partial charge in [-0.25, -0.2) is 0 Å². The van der Waals surface area contributed by atoms with Crippen LogP contribution in [0.2, 0.25) is 0 Å². The maximum Gasteiger partial charge on any atom is 0.108 e. The molecule has 2 atom stereocenters. The van der Waals surface area contributed by atoms with E-state index in [9.17, 15) is 0 Å². The summed E-state index contributed by atoms with van der Waals surface area (Å²) in [5, 5.41) is 7.24. The lowest BCUT2D eigenvalue weighted by molar-refractivity contribution is 0.590. The number of hydrogen-bond acceptors (Lipinski definition) is 2. The molecule has 0 amide bonds. The molecule has 3 heteroatoms. The van der Waals surface area contributed by atoms with Gasteiger partial charge in [0.05, 0.1) is 0 Å². The summed E-state index contributed by atoms with van der Waals surface area (Å²) in [6.07, 6.45) is 2.47. The van der Waals surface area contributed by atoms with Crippen molar-refractivity contribution >= 4 is 27.9 Å². The van der Waals surface area contributed by atoms with Crippen LogP contribution in [0.3, 0.4) is 0 Å². The van der Waals surface area contributed by atoms with Crippen molar-refractivity contribution in [1.29, 1.82) is 5.41 Å². The molecule has 2 unspecified atom stereocenters. The van der Waals surface area contributed by atoms with Gasteiger partial charge in [0, 0.05) is 11.9 Å². The second-order valence-electron chi connectivity index (χ2n) is 2.36. The summed E-state index contributed by atoms with van der Waals surface area (Å²) in [6, 6.07) is 0. The molecule has 50 valence electrons. The third-order valence-corrected chi connectivity index (χ3v) is 2.52. The summed E-state index contributed by atoms with van der Waals surface area (Å²) in [6.45, 7) is 2.09. The lowest BCUT2D eigenvalue weighted by atomic mass is 10.0. The Kier molecular flexibility index (Phi) is 2.01. The van der Waals surface area contributed by atoms with E-state index in [-0.39, 0.29) is 4.95 Å². The highest BCUT2D eigenvalue weighted by molar-refractivity contribution is 9.09. The lowest BCUT2D eigenvalue weighted by Crippen LogP contribution is -2.19. The molecule has 0 aromatic rings. The normalized spacial score (nSPS) is 35.1. The number of aliphatic imine (C=N–C) groups is 1. The highest BCUT2D eigenvalue weighted by Crippen LogP contribution is 2.20. The van der Waals surface area contributed by atoms with E-state index in [1.165, 1.54) is 0 Å². The molecule has 1 aliphatic rings. The second-order valence-corrected chi connectivity index (χ2v) is 3.30. The number of halogens is 1. The fourth-order valence-corrected chi connectivity index (χ4v) is 1.11. The van der Waals surface area contributed by atoms with Crippen molar-refractivity contribution in [1.82, 2.24) is 0 Å². The van der Waals surface area contributed by atoms with E-state index in [2.05, 4.69) is 27.8 Å². The van der Waals surface area contributed by atoms with Crippen molar-refractivity contribution in [3.8, 4) is 0 Å². The molecular formula is C6H9BrN2. The standard InChI is InChI=1S/C6H9BrN2/c1-4-2-5(8)3-9-6(4)7/h3-4,6,8H,2H2,1H3. The first-order valence-corrected chi connectivity index (χ1v) is 3.86. The van der Waals surface area contributed by atoms with Gasteiger partial charge < -0.3 is 5.41 Å². The van der Waals surface area contributed by atoms with E-state index in [0.29, 0.717) is 11.6 Å². The second kappa shape index (κ2) is 2.60. The van der Waals surface area contributed by atoms with Crippen molar-refractivity contribution in [2.24, 2.45) is 10.9 Å². The van der Waals surface area contributed by atoms with Gasteiger partial charge in [0.15, 0.2) is 0 Å². The first kappa shape index (κ1) is 6.93. The molecule has 9 heavy (non-hydrogen) atoms. The average Bonchev–Trinajstić information content (AvgIpc) is 1.80. The van der Waals surface area contributed by atoms with Gasteiger partial charge in [-0.05, 0) is 12.3 Å². The third kappa shape index (κ3) is 1.61. The Labute approximate surface area is 63.0 Å². The molecule has 2 nitrogen and oxygen atoms in total. The molecule has 0 bridgehead atoms. The summed E-state index contributed by atoms with van der Waals surface area (Å²) >= 11 is 3.39. The van der Waals surface area contributed by atoms with Gasteiger partial charge >= 0.3 is 0 Å². The number of alkyl halides is 1. The van der Waals surface area contributed by atoms with Crippen molar-refractivity contribution in [3.63, 3.8) is 0 Å². The minimum Gasteiger partial charge on any atom is -0.304 e. The van der Waals surface area contributed by atoms with E-state index in [1.807, 2.05) is 0 Å². The fourth-order valence-electron chi connectivity index (χ4n) is 0.805. The zero-order chi connectivity index (χ0) is 6.85. The van der Waals surface area contributed by atoms with Gasteiger partial charge in [-0.2, -0.15) is 0 Å². The van der Waals surface area contributed by atoms with Crippen LogP contribution in [0, 0.1) is 11.3 Å². The Bertz CT molecular complexity index is 153. The molecule has 0 saturated carbocycles. The molecule has 0 aromatic heterocycles. The largest absolute Gasteiger partial charge is 0.304 e. The average molecular weight is 189 g/mol. The van der Waals surface area contributed by atoms with Crippen molar-refractivity contribution in [2.45, 2.75) is 18.3 Å². The van der Waals surface area contributed by atoms with Gasteiger partial charge in [0.2, 0.25) is 0 Å². The Morgan fingerprint density at radius 1 is 1.89 bits per heavy atom. The highest BCUT2D eigenvalue weighted by atomic mass is 79.9. The topological polar surface area (TPSA) is 36.2 Å². The Hall–Kier alpha value is -0.180. The summed E-state index contributed by atoms with van der Waals surface area (Å²) in [5.74, 6) is 0.475. The third-order valence-electron chi connectivity index (χ3n) is 1.38. The van der Waals surface area contributed by atoms with Crippen molar-refractivity contribution < 1.29 is 0 Å². The van der Waals surface area contributed by atoms with Gasteiger partial charge in [-0.1, -0.05) is 22.9 Å². The molecule has 0 radical (unpaired) electrons. The van der Waals surface area contributed by atoms with Crippen LogP contribution in [0.25, 0.3) is 0 Å². The number of nitrogens with one attached hydrogen (secondary N) is 1. The Morgan fingerprint density at radius 3 is 3.00 bits per heavy atom. The summed E-state index contributed by atoms with van der Waals surface area (Å²) in [7, 11) is 0. The molecule has 0 aliphatic carbocycles. The molecular weight excluding hydrogens is 180 g/mol. The number of rotatable bonds is 0. The zero-order valence-electron chi connectivity index (χ0n) is 5.26. The predicted octanol–water partition coefficient (Wildman–Crippen LogP) is 1.84. The number of nitrogens with zero attached hydrogens (tertiary/aromatic N) is 1. The van der Waals surface area contributed by atoms with Crippen molar-refractivity contribution in [2.75, 3.05) is 0 Å². The van der Waals surface area contributed by atoms with Crippen LogP contribution in [0.4, 0.5) is 0 Å². The molecule has 0 saturated heterocycles. The van der Waals surface area contributed by atoms with Crippen molar-refractivity contribution in [3.05, 3.63) is 0 Å². The Morgan fingerprint density at radius 2 is 2.56 bits per heavy atom. The quantitative estimate of drug-likeness (QED) is 0.445. The molecule has 0 fully saturated rings. The molecule has 1 heterocycles. The van der Waals surface area contributed by atoms with Crippen LogP contribution < -0.4 is 0 Å². The SMILES string of the molecule is CC1CC(=N)C=NC1Br. The van der Waals surface area contributed by atoms with Crippen LogP contribution in [0.1, 0.15) is 13.3 Å². The van der Waals surface area contributed by atoms with E-state index in [4.69, 9.17) is 5.41 Å². The van der Waals surface area contributed by atoms with E-state index in [0.717, 1.165) is 6.42 Å². The molecule has 1 rings (SSSR count). The van der Waals surface area contributed by atoms with Crippen LogP contribution >= 0.6 is 15.9 Å². The van der Waals surface area contributed by atoms with Gasteiger partial charge in [0.1, 0.15) is 4.95 Å². The first-order chi connectivity index (χ1) is 4.20. The van der Waals surface area contributed by atoms with Gasteiger partial charge in [-0.3, -0.25) is 4.99 Å². The smallest absolute Gasteiger partial charge is 0.108 e. The summed E-state index contributed by atoms with van der Waals surface area (Å²) in [4.78, 5) is 4.29. The Balaban J connectivity index is 2.65. The van der Waals surface area contributed by atoms with Crippen LogP contribution in [0.5, 0.6) is 0 Å². The van der Waals surface area contributed by atoms with Gasteiger partial charge in [0.25, 0.3) is 0 Å². The maximum absolute atomic E-state index is 7.24. The zero-order valence-corrected chi connectivity index (χ0v) is 6.85. The van der Waals surface area contributed by atoms with E-state index < -0.39 is 0 Å². The summed E-state index contributed by atoms with van der Waals surface area (Å²) in [5.41, 5.74) is 0.637. The van der Waals surface area contributed by atoms with Gasteiger partial charge in [-0.15, -0.1) is 0 Å². The maximum atomic E-state index is 7.24. The molecule has 0 aromatic carbocycles. The highest BCUT2D eigenvalue weighted by Gasteiger charge is 2.17. The number of hydrogen-bond donors (Lipinski definition) is 1. The lowest BCUT2D eigenvalue weighted by Gasteiger charge is -2.17. The predicted molar refractivity (Wildman–Crippen MR) is 42.7 cm³/mol. The monoisotopic (exact) mass is 188 g/mol. The first-order valence-electron chi connectivity index (χ1n) is 2.95.